The van der Waals surface area contributed by atoms with Gasteiger partial charge in [-0.2, -0.15) is 5.10 Å². The predicted molar refractivity (Wildman–Crippen MR) is 124 cm³/mol. The number of ether oxygens (including phenoxy) is 1. The molecule has 2 aromatic carbocycles. The Morgan fingerprint density at radius 2 is 1.88 bits per heavy atom. The van der Waals surface area contributed by atoms with E-state index in [1.54, 1.807) is 29.2 Å². The zero-order valence-corrected chi connectivity index (χ0v) is 18.5. The Labute approximate surface area is 187 Å². The fourth-order valence-electron chi connectivity index (χ4n) is 3.35. The fourth-order valence-corrected chi connectivity index (χ4v) is 3.35. The molecule has 0 bridgehead atoms. The van der Waals surface area contributed by atoms with Gasteiger partial charge in [0, 0.05) is 6.20 Å². The highest BCUT2D eigenvalue weighted by atomic mass is 16.5. The second-order valence-corrected chi connectivity index (χ2v) is 8.09. The number of nitrogens with one attached hydrogen (secondary N) is 1. The first-order valence-electron chi connectivity index (χ1n) is 10.7. The number of amides is 1. The van der Waals surface area contributed by atoms with Crippen LogP contribution in [0.1, 0.15) is 52.8 Å². The minimum atomic E-state index is -0.326. The number of rotatable bonds is 8. The largest absolute Gasteiger partial charge is 0.486 e. The maximum Gasteiger partial charge on any atom is 0.291 e. The minimum absolute atomic E-state index is 0.227. The lowest BCUT2D eigenvalue weighted by Crippen LogP contribution is -2.10. The van der Waals surface area contributed by atoms with Crippen LogP contribution in [-0.2, 0) is 13.2 Å². The number of hydrogen-bond acceptors (Lipinski definition) is 4. The Hall–Kier alpha value is -3.80. The first kappa shape index (κ1) is 21.4. The molecule has 0 unspecified atom stereocenters. The number of furan rings is 1. The van der Waals surface area contributed by atoms with Crippen LogP contribution in [0.5, 0.6) is 5.75 Å². The molecule has 0 spiro atoms. The molecule has 32 heavy (non-hydrogen) atoms. The molecule has 0 saturated carbocycles. The summed E-state index contributed by atoms with van der Waals surface area (Å²) in [5.74, 6) is 1.72. The highest BCUT2D eigenvalue weighted by Crippen LogP contribution is 2.20. The van der Waals surface area contributed by atoms with Gasteiger partial charge in [0.2, 0.25) is 0 Å². The fraction of sp³-hybridized carbons (Fsp3) is 0.231. The highest BCUT2D eigenvalue weighted by molar-refractivity contribution is 6.02. The molecule has 0 atom stereocenters. The second-order valence-electron chi connectivity index (χ2n) is 8.09. The SMILES string of the molecule is Cc1ccccc1Cn1cc(NC(=O)c2ccc(COc3ccc(C(C)C)cc3)o2)cn1. The molecule has 1 amide bonds. The monoisotopic (exact) mass is 429 g/mol. The Bertz CT molecular complexity index is 1190. The average Bonchev–Trinajstić information content (AvgIpc) is 3.44. The van der Waals surface area contributed by atoms with Crippen LogP contribution in [0.25, 0.3) is 0 Å². The van der Waals surface area contributed by atoms with Gasteiger partial charge in [-0.05, 0) is 53.8 Å². The van der Waals surface area contributed by atoms with Crippen LogP contribution in [0.15, 0.2) is 77.5 Å². The van der Waals surface area contributed by atoms with Crippen LogP contribution >= 0.6 is 0 Å². The van der Waals surface area contributed by atoms with Crippen molar-refractivity contribution in [2.75, 3.05) is 5.32 Å². The van der Waals surface area contributed by atoms with E-state index >= 15 is 0 Å². The number of anilines is 1. The van der Waals surface area contributed by atoms with E-state index in [1.807, 2.05) is 24.3 Å². The molecule has 0 radical (unpaired) electrons. The van der Waals surface area contributed by atoms with Gasteiger partial charge in [-0.1, -0.05) is 50.2 Å². The summed E-state index contributed by atoms with van der Waals surface area (Å²) in [5, 5.41) is 7.16. The van der Waals surface area contributed by atoms with E-state index in [0.717, 1.165) is 5.75 Å². The molecule has 2 aromatic heterocycles. The third kappa shape index (κ3) is 5.27. The minimum Gasteiger partial charge on any atom is -0.486 e. The van der Waals surface area contributed by atoms with Gasteiger partial charge in [-0.3, -0.25) is 9.48 Å². The van der Waals surface area contributed by atoms with Crippen LogP contribution in [0.4, 0.5) is 5.69 Å². The molecule has 2 heterocycles. The number of hydrogen-bond donors (Lipinski definition) is 1. The van der Waals surface area contributed by atoms with Crippen molar-refractivity contribution in [3.63, 3.8) is 0 Å². The van der Waals surface area contributed by atoms with E-state index in [4.69, 9.17) is 9.15 Å². The first-order chi connectivity index (χ1) is 15.5. The van der Waals surface area contributed by atoms with Crippen LogP contribution in [0.2, 0.25) is 0 Å². The number of carbonyl (C=O) groups excluding carboxylic acids is 1. The van der Waals surface area contributed by atoms with E-state index in [0.29, 0.717) is 23.9 Å². The predicted octanol–water partition coefficient (Wildman–Crippen LogP) is 5.79. The van der Waals surface area contributed by atoms with Gasteiger partial charge in [0.25, 0.3) is 5.91 Å². The molecule has 1 N–H and O–H groups in total. The van der Waals surface area contributed by atoms with E-state index in [1.165, 1.54) is 16.7 Å². The summed E-state index contributed by atoms with van der Waals surface area (Å²) in [6, 6.07) is 19.6. The normalized spacial score (nSPS) is 11.0. The van der Waals surface area contributed by atoms with Crippen molar-refractivity contribution < 1.29 is 13.9 Å². The van der Waals surface area contributed by atoms with Gasteiger partial charge in [-0.15, -0.1) is 0 Å². The molecule has 0 fully saturated rings. The molecular formula is C26H27N3O3. The summed E-state index contributed by atoms with van der Waals surface area (Å²) >= 11 is 0. The molecule has 0 saturated heterocycles. The Morgan fingerprint density at radius 3 is 2.62 bits per heavy atom. The summed E-state index contributed by atoms with van der Waals surface area (Å²) in [6.07, 6.45) is 3.43. The lowest BCUT2D eigenvalue weighted by Gasteiger charge is -2.08. The molecule has 0 aliphatic carbocycles. The van der Waals surface area contributed by atoms with Crippen LogP contribution < -0.4 is 10.1 Å². The van der Waals surface area contributed by atoms with Gasteiger partial charge in [0.15, 0.2) is 5.76 Å². The average molecular weight is 430 g/mol. The summed E-state index contributed by atoms with van der Waals surface area (Å²) in [5.41, 5.74) is 4.26. The molecular weight excluding hydrogens is 402 g/mol. The topological polar surface area (TPSA) is 69.3 Å². The molecule has 0 aliphatic heterocycles. The molecule has 4 rings (SSSR count). The molecule has 6 heteroatoms. The number of carbonyl (C=O) groups is 1. The maximum atomic E-state index is 12.5. The van der Waals surface area contributed by atoms with Crippen molar-refractivity contribution in [3.05, 3.63) is 101 Å². The quantitative estimate of drug-likeness (QED) is 0.385. The Balaban J connectivity index is 1.32. The smallest absolute Gasteiger partial charge is 0.291 e. The Morgan fingerprint density at radius 1 is 1.09 bits per heavy atom. The van der Waals surface area contributed by atoms with Crippen LogP contribution in [0.3, 0.4) is 0 Å². The first-order valence-corrected chi connectivity index (χ1v) is 10.7. The lowest BCUT2D eigenvalue weighted by atomic mass is 10.0. The van der Waals surface area contributed by atoms with Gasteiger partial charge in [-0.25, -0.2) is 0 Å². The van der Waals surface area contributed by atoms with Crippen molar-refractivity contribution in [3.8, 4) is 5.75 Å². The summed E-state index contributed by atoms with van der Waals surface area (Å²) in [6.45, 7) is 7.27. The van der Waals surface area contributed by atoms with E-state index < -0.39 is 0 Å². The Kier molecular flexibility index (Phi) is 6.40. The summed E-state index contributed by atoms with van der Waals surface area (Å²) in [7, 11) is 0. The zero-order chi connectivity index (χ0) is 22.5. The van der Waals surface area contributed by atoms with Gasteiger partial charge in [0.05, 0.1) is 18.4 Å². The third-order valence-corrected chi connectivity index (χ3v) is 5.30. The van der Waals surface area contributed by atoms with Crippen molar-refractivity contribution in [1.29, 1.82) is 0 Å². The van der Waals surface area contributed by atoms with Gasteiger partial charge < -0.3 is 14.5 Å². The lowest BCUT2D eigenvalue weighted by molar-refractivity contribution is 0.0992. The molecule has 6 nitrogen and oxygen atoms in total. The molecule has 164 valence electrons. The standard InChI is InChI=1S/C26H27N3O3/c1-18(2)20-8-10-23(11-9-20)31-17-24-12-13-25(32-24)26(30)28-22-14-27-29(16-22)15-21-7-5-4-6-19(21)3/h4-14,16,18H,15,17H2,1-3H3,(H,28,30). The van der Waals surface area contributed by atoms with Crippen LogP contribution in [0, 0.1) is 6.92 Å². The van der Waals surface area contributed by atoms with Gasteiger partial charge >= 0.3 is 0 Å². The number of aromatic nitrogens is 2. The zero-order valence-electron chi connectivity index (χ0n) is 18.5. The van der Waals surface area contributed by atoms with E-state index in [9.17, 15) is 4.79 Å². The number of benzene rings is 2. The van der Waals surface area contributed by atoms with E-state index in [-0.39, 0.29) is 18.3 Å². The summed E-state index contributed by atoms with van der Waals surface area (Å²) < 4.78 is 13.2. The molecule has 0 aliphatic rings. The maximum absolute atomic E-state index is 12.5. The molecule has 4 aromatic rings. The van der Waals surface area contributed by atoms with Crippen molar-refractivity contribution in [2.45, 2.75) is 39.8 Å². The van der Waals surface area contributed by atoms with Crippen molar-refractivity contribution in [1.82, 2.24) is 9.78 Å². The van der Waals surface area contributed by atoms with Crippen molar-refractivity contribution >= 4 is 11.6 Å². The highest BCUT2D eigenvalue weighted by Gasteiger charge is 2.13. The number of aryl methyl sites for hydroxylation is 1. The van der Waals surface area contributed by atoms with E-state index in [2.05, 4.69) is 55.5 Å². The van der Waals surface area contributed by atoms with Crippen molar-refractivity contribution in [2.24, 2.45) is 0 Å². The van der Waals surface area contributed by atoms with Crippen LogP contribution in [-0.4, -0.2) is 15.7 Å². The van der Waals surface area contributed by atoms with Gasteiger partial charge in [0.1, 0.15) is 18.1 Å². The number of nitrogens with zero attached hydrogens (tertiary/aromatic N) is 2. The third-order valence-electron chi connectivity index (χ3n) is 5.30. The summed E-state index contributed by atoms with van der Waals surface area (Å²) in [4.78, 5) is 12.5. The second kappa shape index (κ2) is 9.56.